The van der Waals surface area contributed by atoms with Crippen LogP contribution in [-0.4, -0.2) is 65.7 Å². The quantitative estimate of drug-likeness (QED) is 0.463. The second-order valence-corrected chi connectivity index (χ2v) is 8.54. The van der Waals surface area contributed by atoms with Crippen molar-refractivity contribution in [1.82, 2.24) is 19.2 Å². The average Bonchev–Trinajstić information content (AvgIpc) is 3.34. The summed E-state index contributed by atoms with van der Waals surface area (Å²) in [6.45, 7) is 2.55. The van der Waals surface area contributed by atoms with E-state index in [1.165, 1.54) is 11.5 Å². The van der Waals surface area contributed by atoms with Crippen LogP contribution in [0.2, 0.25) is 0 Å². The number of hydrogen-bond acceptors (Lipinski definition) is 8. The molecule has 2 aromatic carbocycles. The minimum atomic E-state index is -0.114. The highest BCUT2D eigenvalue weighted by atomic mass is 32.1. The number of piperazine rings is 1. The molecule has 2 aromatic heterocycles. The second-order valence-electron chi connectivity index (χ2n) is 7.77. The Bertz CT molecular complexity index is 1280. The van der Waals surface area contributed by atoms with Gasteiger partial charge in [0.05, 0.1) is 14.2 Å². The lowest BCUT2D eigenvalue weighted by molar-refractivity contribution is 0.208. The van der Waals surface area contributed by atoms with E-state index in [4.69, 9.17) is 9.47 Å². The number of benzene rings is 2. The summed E-state index contributed by atoms with van der Waals surface area (Å²) >= 11 is 1.40. The van der Waals surface area contributed by atoms with Crippen LogP contribution in [0.4, 0.5) is 16.3 Å². The molecule has 10 heteroatoms. The van der Waals surface area contributed by atoms with Crippen LogP contribution in [0.5, 0.6) is 11.5 Å². The van der Waals surface area contributed by atoms with Crippen molar-refractivity contribution in [2.24, 2.45) is 0 Å². The minimum absolute atomic E-state index is 0.114. The van der Waals surface area contributed by atoms with E-state index in [1.54, 1.807) is 20.5 Å². The number of methoxy groups -OCH3 is 2. The summed E-state index contributed by atoms with van der Waals surface area (Å²) in [5, 5.41) is 2.95. The zero-order valence-corrected chi connectivity index (χ0v) is 19.7. The standard InChI is InChI=1S/C24H24N6O3S/c1-32-18-7-3-16(4-8-18)20-21-22(34-28-20)23(26-15-25-21)29-11-13-30(14-12-29)24(31)27-17-5-9-19(33-2)10-6-17/h3-10,15H,11-14H2,1-2H3,(H,27,31). The number of rotatable bonds is 5. The van der Waals surface area contributed by atoms with Crippen LogP contribution >= 0.6 is 11.5 Å². The van der Waals surface area contributed by atoms with Crippen molar-refractivity contribution in [3.8, 4) is 22.8 Å². The van der Waals surface area contributed by atoms with E-state index in [0.717, 1.165) is 44.5 Å². The molecular formula is C24H24N6O3S. The molecule has 0 saturated carbocycles. The molecule has 1 N–H and O–H groups in total. The van der Waals surface area contributed by atoms with E-state index in [0.29, 0.717) is 26.2 Å². The highest BCUT2D eigenvalue weighted by Crippen LogP contribution is 2.35. The molecule has 1 aliphatic rings. The first kappa shape index (κ1) is 21.9. The maximum Gasteiger partial charge on any atom is 0.321 e. The largest absolute Gasteiger partial charge is 0.497 e. The molecule has 0 aliphatic carbocycles. The predicted octanol–water partition coefficient (Wildman–Crippen LogP) is 4.12. The molecule has 2 amide bonds. The van der Waals surface area contributed by atoms with E-state index in [1.807, 2.05) is 53.4 Å². The Morgan fingerprint density at radius 3 is 2.21 bits per heavy atom. The zero-order valence-electron chi connectivity index (χ0n) is 18.9. The number of hydrogen-bond donors (Lipinski definition) is 1. The number of aromatic nitrogens is 3. The van der Waals surface area contributed by atoms with Crippen LogP contribution in [-0.2, 0) is 0 Å². The summed E-state index contributed by atoms with van der Waals surface area (Å²) in [4.78, 5) is 25.8. The van der Waals surface area contributed by atoms with Gasteiger partial charge < -0.3 is 24.6 Å². The Kier molecular flexibility index (Phi) is 6.13. The molecule has 0 bridgehead atoms. The van der Waals surface area contributed by atoms with Gasteiger partial charge in [-0.05, 0) is 60.1 Å². The monoisotopic (exact) mass is 476 g/mol. The Balaban J connectivity index is 1.28. The van der Waals surface area contributed by atoms with Crippen molar-refractivity contribution in [2.75, 3.05) is 50.6 Å². The summed E-state index contributed by atoms with van der Waals surface area (Å²) in [5.41, 5.74) is 3.39. The fraction of sp³-hybridized carbons (Fsp3) is 0.250. The highest BCUT2D eigenvalue weighted by molar-refractivity contribution is 7.14. The molecule has 0 spiro atoms. The summed E-state index contributed by atoms with van der Waals surface area (Å²) in [6, 6.07) is 15.0. The maximum absolute atomic E-state index is 12.7. The zero-order chi connectivity index (χ0) is 23.5. The number of carbonyl (C=O) groups is 1. The number of fused-ring (bicyclic) bond motifs is 1. The van der Waals surface area contributed by atoms with Crippen LogP contribution in [0.1, 0.15) is 0 Å². The number of urea groups is 1. The van der Waals surface area contributed by atoms with Crippen LogP contribution in [0.3, 0.4) is 0 Å². The first-order valence-corrected chi connectivity index (χ1v) is 11.6. The Hall–Kier alpha value is -3.92. The Morgan fingerprint density at radius 2 is 1.56 bits per heavy atom. The minimum Gasteiger partial charge on any atom is -0.497 e. The number of carbonyl (C=O) groups excluding carboxylic acids is 1. The third-order valence-electron chi connectivity index (χ3n) is 5.81. The van der Waals surface area contributed by atoms with Gasteiger partial charge in [0.1, 0.15) is 33.7 Å². The van der Waals surface area contributed by atoms with E-state index >= 15 is 0 Å². The van der Waals surface area contributed by atoms with Gasteiger partial charge in [-0.25, -0.2) is 14.8 Å². The van der Waals surface area contributed by atoms with Gasteiger partial charge in [0, 0.05) is 37.4 Å². The first-order valence-electron chi connectivity index (χ1n) is 10.9. The third-order valence-corrected chi connectivity index (χ3v) is 6.64. The van der Waals surface area contributed by atoms with Crippen LogP contribution in [0.25, 0.3) is 21.5 Å². The van der Waals surface area contributed by atoms with Gasteiger partial charge in [0.15, 0.2) is 5.82 Å². The van der Waals surface area contributed by atoms with E-state index in [2.05, 4.69) is 24.6 Å². The molecule has 1 saturated heterocycles. The summed E-state index contributed by atoms with van der Waals surface area (Å²) in [5.74, 6) is 2.41. The summed E-state index contributed by atoms with van der Waals surface area (Å²) in [6.07, 6.45) is 1.59. The number of nitrogens with one attached hydrogen (secondary N) is 1. The van der Waals surface area contributed by atoms with E-state index < -0.39 is 0 Å². The molecule has 0 atom stereocenters. The fourth-order valence-corrected chi connectivity index (χ4v) is 4.79. The number of anilines is 2. The third kappa shape index (κ3) is 4.32. The molecule has 0 radical (unpaired) electrons. The molecular weight excluding hydrogens is 452 g/mol. The Labute approximate surface area is 201 Å². The van der Waals surface area contributed by atoms with Crippen molar-refractivity contribution in [2.45, 2.75) is 0 Å². The van der Waals surface area contributed by atoms with Crippen molar-refractivity contribution >= 4 is 39.3 Å². The van der Waals surface area contributed by atoms with Crippen LogP contribution in [0.15, 0.2) is 54.9 Å². The normalized spacial score (nSPS) is 13.7. The van der Waals surface area contributed by atoms with Crippen molar-refractivity contribution in [3.05, 3.63) is 54.9 Å². The van der Waals surface area contributed by atoms with Gasteiger partial charge in [-0.15, -0.1) is 0 Å². The van der Waals surface area contributed by atoms with E-state index in [-0.39, 0.29) is 6.03 Å². The lowest BCUT2D eigenvalue weighted by Crippen LogP contribution is -2.50. The molecule has 174 valence electrons. The molecule has 4 aromatic rings. The molecule has 5 rings (SSSR count). The lowest BCUT2D eigenvalue weighted by atomic mass is 10.1. The van der Waals surface area contributed by atoms with Gasteiger partial charge >= 0.3 is 6.03 Å². The average molecular weight is 477 g/mol. The first-order chi connectivity index (χ1) is 16.7. The number of nitrogens with zero attached hydrogens (tertiary/aromatic N) is 5. The smallest absolute Gasteiger partial charge is 0.321 e. The molecule has 3 heterocycles. The van der Waals surface area contributed by atoms with Crippen LogP contribution < -0.4 is 19.7 Å². The maximum atomic E-state index is 12.7. The van der Waals surface area contributed by atoms with Gasteiger partial charge in [0.2, 0.25) is 0 Å². The predicted molar refractivity (Wildman–Crippen MR) is 133 cm³/mol. The fourth-order valence-electron chi connectivity index (χ4n) is 3.91. The van der Waals surface area contributed by atoms with Crippen LogP contribution in [0, 0.1) is 0 Å². The molecule has 0 unspecified atom stereocenters. The SMILES string of the molecule is COc1ccc(NC(=O)N2CCN(c3ncnc4c(-c5ccc(OC)cc5)nsc34)CC2)cc1. The highest BCUT2D eigenvalue weighted by Gasteiger charge is 2.25. The van der Waals surface area contributed by atoms with Crippen molar-refractivity contribution < 1.29 is 14.3 Å². The molecule has 9 nitrogen and oxygen atoms in total. The summed E-state index contributed by atoms with van der Waals surface area (Å²) in [7, 11) is 3.26. The molecule has 1 fully saturated rings. The number of ether oxygens (including phenoxy) is 2. The number of amides is 2. The van der Waals surface area contributed by atoms with Crippen molar-refractivity contribution in [3.63, 3.8) is 0 Å². The van der Waals surface area contributed by atoms with E-state index in [9.17, 15) is 4.79 Å². The van der Waals surface area contributed by atoms with Gasteiger partial charge in [-0.2, -0.15) is 4.37 Å². The summed E-state index contributed by atoms with van der Waals surface area (Å²) < 4.78 is 16.0. The Morgan fingerprint density at radius 1 is 0.912 bits per heavy atom. The lowest BCUT2D eigenvalue weighted by Gasteiger charge is -2.35. The molecule has 1 aliphatic heterocycles. The molecule has 34 heavy (non-hydrogen) atoms. The van der Waals surface area contributed by atoms with Gasteiger partial charge in [0.25, 0.3) is 0 Å². The second kappa shape index (κ2) is 9.52. The van der Waals surface area contributed by atoms with Gasteiger partial charge in [-0.1, -0.05) is 0 Å². The topological polar surface area (TPSA) is 92.7 Å². The van der Waals surface area contributed by atoms with Gasteiger partial charge in [-0.3, -0.25) is 0 Å². The van der Waals surface area contributed by atoms with Crippen molar-refractivity contribution in [1.29, 1.82) is 0 Å².